The van der Waals surface area contributed by atoms with Gasteiger partial charge in [0.1, 0.15) is 0 Å². The van der Waals surface area contributed by atoms with Gasteiger partial charge in [-0.2, -0.15) is 0 Å². The zero-order chi connectivity index (χ0) is 15.2. The Hall–Kier alpha value is -1.49. The summed E-state index contributed by atoms with van der Waals surface area (Å²) in [4.78, 5) is 25.3. The summed E-state index contributed by atoms with van der Waals surface area (Å²) in [6, 6.07) is 8.35. The molecule has 1 fully saturated rings. The second kappa shape index (κ2) is 7.50. The van der Waals surface area contributed by atoms with Gasteiger partial charge in [0, 0.05) is 18.8 Å². The lowest BCUT2D eigenvalue weighted by molar-refractivity contribution is -0.145. The number of methoxy groups -OCH3 is 1. The smallest absolute Gasteiger partial charge is 0.310 e. The maximum Gasteiger partial charge on any atom is 0.310 e. The van der Waals surface area contributed by atoms with E-state index in [4.69, 9.17) is 4.74 Å². The van der Waals surface area contributed by atoms with Gasteiger partial charge in [0.05, 0.1) is 18.8 Å². The molecule has 1 heterocycles. The molecule has 4 nitrogen and oxygen atoms in total. The highest BCUT2D eigenvalue weighted by Crippen LogP contribution is 2.20. The SMILES string of the molecule is COC(=O)C1CCN(C(=O)CSCc2ccc(C)cc2)C1. The largest absolute Gasteiger partial charge is 0.469 e. The first kappa shape index (κ1) is 15.9. The topological polar surface area (TPSA) is 46.6 Å². The molecule has 21 heavy (non-hydrogen) atoms. The summed E-state index contributed by atoms with van der Waals surface area (Å²) in [5.74, 6) is 1.04. The van der Waals surface area contributed by atoms with E-state index in [-0.39, 0.29) is 17.8 Å². The number of carbonyl (C=O) groups is 2. The molecule has 0 spiro atoms. The molecule has 0 aromatic heterocycles. The van der Waals surface area contributed by atoms with Crippen LogP contribution in [0, 0.1) is 12.8 Å². The van der Waals surface area contributed by atoms with Crippen LogP contribution < -0.4 is 0 Å². The molecule has 1 unspecified atom stereocenters. The van der Waals surface area contributed by atoms with Crippen molar-refractivity contribution in [3.05, 3.63) is 35.4 Å². The zero-order valence-corrected chi connectivity index (χ0v) is 13.3. The molecule has 0 bridgehead atoms. The van der Waals surface area contributed by atoms with Crippen LogP contribution in [-0.2, 0) is 20.1 Å². The van der Waals surface area contributed by atoms with Crippen LogP contribution in [-0.4, -0.2) is 42.7 Å². The number of hydrogen-bond acceptors (Lipinski definition) is 4. The van der Waals surface area contributed by atoms with Crippen molar-refractivity contribution in [3.8, 4) is 0 Å². The number of likely N-dealkylation sites (tertiary alicyclic amines) is 1. The van der Waals surface area contributed by atoms with Crippen molar-refractivity contribution in [2.24, 2.45) is 5.92 Å². The van der Waals surface area contributed by atoms with Gasteiger partial charge in [-0.15, -0.1) is 11.8 Å². The monoisotopic (exact) mass is 307 g/mol. The fraction of sp³-hybridized carbons (Fsp3) is 0.500. The van der Waals surface area contributed by atoms with E-state index in [1.807, 2.05) is 0 Å². The fourth-order valence-electron chi connectivity index (χ4n) is 2.38. The quantitative estimate of drug-likeness (QED) is 0.783. The molecule has 1 aliphatic heterocycles. The third kappa shape index (κ3) is 4.49. The van der Waals surface area contributed by atoms with E-state index in [9.17, 15) is 9.59 Å². The minimum atomic E-state index is -0.211. The number of esters is 1. The number of carbonyl (C=O) groups excluding carboxylic acids is 2. The molecule has 0 aliphatic carbocycles. The Bertz CT molecular complexity index is 501. The van der Waals surface area contributed by atoms with Crippen molar-refractivity contribution >= 4 is 23.6 Å². The summed E-state index contributed by atoms with van der Waals surface area (Å²) >= 11 is 1.62. The Morgan fingerprint density at radius 2 is 2.05 bits per heavy atom. The van der Waals surface area contributed by atoms with E-state index in [0.29, 0.717) is 25.3 Å². The van der Waals surface area contributed by atoms with Crippen molar-refractivity contribution in [3.63, 3.8) is 0 Å². The molecule has 0 saturated carbocycles. The van der Waals surface area contributed by atoms with Crippen molar-refractivity contribution in [1.82, 2.24) is 4.90 Å². The molecular formula is C16H21NO3S. The summed E-state index contributed by atoms with van der Waals surface area (Å²) in [6.07, 6.45) is 0.709. The number of rotatable bonds is 5. The van der Waals surface area contributed by atoms with Crippen LogP contribution in [0.25, 0.3) is 0 Å². The molecular weight excluding hydrogens is 286 g/mol. The summed E-state index contributed by atoms with van der Waals surface area (Å²) < 4.78 is 4.73. The van der Waals surface area contributed by atoms with Gasteiger partial charge in [-0.05, 0) is 18.9 Å². The highest BCUT2D eigenvalue weighted by atomic mass is 32.2. The molecule has 1 amide bonds. The Balaban J connectivity index is 1.73. The van der Waals surface area contributed by atoms with Crippen LogP contribution in [0.2, 0.25) is 0 Å². The lowest BCUT2D eigenvalue weighted by Crippen LogP contribution is -2.31. The van der Waals surface area contributed by atoms with Crippen molar-refractivity contribution in [2.75, 3.05) is 26.0 Å². The lowest BCUT2D eigenvalue weighted by Gasteiger charge is -2.15. The highest BCUT2D eigenvalue weighted by Gasteiger charge is 2.31. The molecule has 0 radical (unpaired) electrons. The highest BCUT2D eigenvalue weighted by molar-refractivity contribution is 7.99. The van der Waals surface area contributed by atoms with E-state index in [1.165, 1.54) is 18.2 Å². The van der Waals surface area contributed by atoms with Gasteiger partial charge in [0.2, 0.25) is 5.91 Å². The van der Waals surface area contributed by atoms with E-state index >= 15 is 0 Å². The van der Waals surface area contributed by atoms with Crippen LogP contribution in [0.15, 0.2) is 24.3 Å². The standard InChI is InChI=1S/C16H21NO3S/c1-12-3-5-13(6-4-12)10-21-11-15(18)17-8-7-14(9-17)16(19)20-2/h3-6,14H,7-11H2,1-2H3. The first-order valence-electron chi connectivity index (χ1n) is 7.09. The molecule has 114 valence electrons. The Labute approximate surface area is 129 Å². The molecule has 1 aliphatic rings. The van der Waals surface area contributed by atoms with E-state index < -0.39 is 0 Å². The van der Waals surface area contributed by atoms with Crippen LogP contribution >= 0.6 is 11.8 Å². The summed E-state index contributed by atoms with van der Waals surface area (Å²) in [6.45, 7) is 3.21. The van der Waals surface area contributed by atoms with Gasteiger partial charge in [0.25, 0.3) is 0 Å². The number of nitrogens with zero attached hydrogens (tertiary/aromatic N) is 1. The predicted molar refractivity (Wildman–Crippen MR) is 84.0 cm³/mol. The van der Waals surface area contributed by atoms with Crippen molar-refractivity contribution in [2.45, 2.75) is 19.1 Å². The van der Waals surface area contributed by atoms with Gasteiger partial charge in [-0.3, -0.25) is 9.59 Å². The van der Waals surface area contributed by atoms with Crippen LogP contribution in [0.3, 0.4) is 0 Å². The molecule has 1 aromatic carbocycles. The van der Waals surface area contributed by atoms with Crippen LogP contribution in [0.5, 0.6) is 0 Å². The average molecular weight is 307 g/mol. The Morgan fingerprint density at radius 1 is 1.33 bits per heavy atom. The number of aryl methyl sites for hydroxylation is 1. The first-order valence-corrected chi connectivity index (χ1v) is 8.24. The second-order valence-corrected chi connectivity index (χ2v) is 6.31. The minimum Gasteiger partial charge on any atom is -0.469 e. The van der Waals surface area contributed by atoms with Gasteiger partial charge >= 0.3 is 5.97 Å². The van der Waals surface area contributed by atoms with Gasteiger partial charge in [-0.1, -0.05) is 29.8 Å². The molecule has 5 heteroatoms. The third-order valence-corrected chi connectivity index (χ3v) is 4.68. The molecule has 2 rings (SSSR count). The fourth-order valence-corrected chi connectivity index (χ4v) is 3.27. The lowest BCUT2D eigenvalue weighted by atomic mass is 10.1. The molecule has 1 atom stereocenters. The summed E-state index contributed by atoms with van der Waals surface area (Å²) in [7, 11) is 1.39. The Kier molecular flexibility index (Phi) is 5.67. The third-order valence-electron chi connectivity index (χ3n) is 3.69. The number of thioether (sulfide) groups is 1. The maximum atomic E-state index is 12.1. The van der Waals surface area contributed by atoms with E-state index in [2.05, 4.69) is 31.2 Å². The maximum absolute atomic E-state index is 12.1. The van der Waals surface area contributed by atoms with Gasteiger partial charge < -0.3 is 9.64 Å². The number of amides is 1. The predicted octanol–water partition coefficient (Wildman–Crippen LogP) is 2.25. The average Bonchev–Trinajstić information content (AvgIpc) is 2.98. The second-order valence-electron chi connectivity index (χ2n) is 5.33. The number of hydrogen-bond donors (Lipinski definition) is 0. The minimum absolute atomic E-state index is 0.110. The van der Waals surface area contributed by atoms with Crippen molar-refractivity contribution in [1.29, 1.82) is 0 Å². The van der Waals surface area contributed by atoms with Crippen molar-refractivity contribution < 1.29 is 14.3 Å². The number of ether oxygens (including phenoxy) is 1. The molecule has 0 N–H and O–H groups in total. The normalized spacial score (nSPS) is 17.8. The van der Waals surface area contributed by atoms with E-state index in [0.717, 1.165) is 5.75 Å². The van der Waals surface area contributed by atoms with E-state index in [1.54, 1.807) is 16.7 Å². The van der Waals surface area contributed by atoms with Gasteiger partial charge in [0.15, 0.2) is 0 Å². The summed E-state index contributed by atoms with van der Waals surface area (Å²) in [5, 5.41) is 0. The Morgan fingerprint density at radius 3 is 2.71 bits per heavy atom. The first-order chi connectivity index (χ1) is 10.1. The van der Waals surface area contributed by atoms with Gasteiger partial charge in [-0.25, -0.2) is 0 Å². The number of benzene rings is 1. The van der Waals surface area contributed by atoms with Crippen LogP contribution in [0.4, 0.5) is 0 Å². The van der Waals surface area contributed by atoms with Crippen LogP contribution in [0.1, 0.15) is 17.5 Å². The molecule has 1 saturated heterocycles. The zero-order valence-electron chi connectivity index (χ0n) is 12.5. The molecule has 1 aromatic rings. The summed E-state index contributed by atoms with van der Waals surface area (Å²) in [5.41, 5.74) is 2.47.